The van der Waals surface area contributed by atoms with Crippen LogP contribution in [0.15, 0.2) is 27.4 Å². The SMILES string of the molecule is CC1CCCc2c1oc1cc(O)ccc1c2=O. The van der Waals surface area contributed by atoms with Crippen molar-refractivity contribution < 1.29 is 9.52 Å². The highest BCUT2D eigenvalue weighted by molar-refractivity contribution is 5.78. The first-order valence-corrected chi connectivity index (χ1v) is 5.95. The number of hydrogen-bond acceptors (Lipinski definition) is 3. The summed E-state index contributed by atoms with van der Waals surface area (Å²) in [6.07, 6.45) is 2.90. The maximum absolute atomic E-state index is 12.3. The summed E-state index contributed by atoms with van der Waals surface area (Å²) in [5.74, 6) is 1.22. The lowest BCUT2D eigenvalue weighted by Crippen LogP contribution is -2.18. The first-order chi connectivity index (χ1) is 8.16. The van der Waals surface area contributed by atoms with Crippen molar-refractivity contribution >= 4 is 11.0 Å². The Morgan fingerprint density at radius 3 is 3.06 bits per heavy atom. The van der Waals surface area contributed by atoms with Gasteiger partial charge in [-0.3, -0.25) is 4.79 Å². The lowest BCUT2D eigenvalue weighted by Gasteiger charge is -2.20. The van der Waals surface area contributed by atoms with Gasteiger partial charge in [-0.25, -0.2) is 0 Å². The summed E-state index contributed by atoms with van der Waals surface area (Å²) in [5, 5.41) is 9.99. The van der Waals surface area contributed by atoms with Crippen LogP contribution in [0.5, 0.6) is 5.75 Å². The average Bonchev–Trinajstić information content (AvgIpc) is 2.30. The molecule has 3 heteroatoms. The van der Waals surface area contributed by atoms with Crippen LogP contribution in [0.25, 0.3) is 11.0 Å². The molecule has 0 fully saturated rings. The van der Waals surface area contributed by atoms with E-state index in [0.29, 0.717) is 11.0 Å². The summed E-state index contributed by atoms with van der Waals surface area (Å²) >= 11 is 0. The minimum Gasteiger partial charge on any atom is -0.508 e. The lowest BCUT2D eigenvalue weighted by atomic mass is 9.88. The molecule has 0 saturated carbocycles. The lowest BCUT2D eigenvalue weighted by molar-refractivity contribution is 0.434. The van der Waals surface area contributed by atoms with Crippen LogP contribution < -0.4 is 5.43 Å². The number of phenolic OH excluding ortho intramolecular Hbond substituents is 1. The Labute approximate surface area is 98.7 Å². The van der Waals surface area contributed by atoms with E-state index in [1.54, 1.807) is 6.07 Å². The summed E-state index contributed by atoms with van der Waals surface area (Å²) < 4.78 is 5.80. The third kappa shape index (κ3) is 1.54. The Hall–Kier alpha value is -1.77. The second kappa shape index (κ2) is 3.62. The topological polar surface area (TPSA) is 50.4 Å². The van der Waals surface area contributed by atoms with Gasteiger partial charge in [0.25, 0.3) is 0 Å². The Kier molecular flexibility index (Phi) is 2.21. The maximum atomic E-state index is 12.3. The maximum Gasteiger partial charge on any atom is 0.196 e. The molecule has 0 radical (unpaired) electrons. The molecule has 1 heterocycles. The van der Waals surface area contributed by atoms with E-state index in [1.807, 2.05) is 0 Å². The van der Waals surface area contributed by atoms with Gasteiger partial charge >= 0.3 is 0 Å². The number of benzene rings is 1. The van der Waals surface area contributed by atoms with Crippen LogP contribution in [0.1, 0.15) is 37.0 Å². The van der Waals surface area contributed by atoms with Crippen molar-refractivity contribution in [3.05, 3.63) is 39.7 Å². The van der Waals surface area contributed by atoms with E-state index < -0.39 is 0 Å². The van der Waals surface area contributed by atoms with Crippen LogP contribution in [-0.2, 0) is 6.42 Å². The van der Waals surface area contributed by atoms with Gasteiger partial charge in [-0.15, -0.1) is 0 Å². The summed E-state index contributed by atoms with van der Waals surface area (Å²) in [5.41, 5.74) is 1.37. The van der Waals surface area contributed by atoms with Crippen molar-refractivity contribution in [1.82, 2.24) is 0 Å². The molecular formula is C14H14O3. The smallest absolute Gasteiger partial charge is 0.196 e. The average molecular weight is 230 g/mol. The van der Waals surface area contributed by atoms with E-state index in [0.717, 1.165) is 30.6 Å². The quantitative estimate of drug-likeness (QED) is 0.757. The molecule has 1 unspecified atom stereocenters. The fourth-order valence-electron chi connectivity index (χ4n) is 2.59. The standard InChI is InChI=1S/C14H14O3/c1-8-3-2-4-11-13(16)10-6-5-9(15)7-12(10)17-14(8)11/h5-8,15H,2-4H2,1H3. The zero-order valence-corrected chi connectivity index (χ0v) is 9.69. The van der Waals surface area contributed by atoms with E-state index >= 15 is 0 Å². The molecule has 0 bridgehead atoms. The highest BCUT2D eigenvalue weighted by atomic mass is 16.3. The summed E-state index contributed by atoms with van der Waals surface area (Å²) in [7, 11) is 0. The predicted octanol–water partition coefficient (Wildman–Crippen LogP) is 2.94. The summed E-state index contributed by atoms with van der Waals surface area (Å²) in [6.45, 7) is 2.08. The molecule has 88 valence electrons. The normalized spacial score (nSPS) is 19.2. The van der Waals surface area contributed by atoms with Crippen molar-refractivity contribution in [1.29, 1.82) is 0 Å². The molecule has 3 nitrogen and oxygen atoms in total. The number of aromatic hydroxyl groups is 1. The van der Waals surface area contributed by atoms with Gasteiger partial charge in [0.05, 0.1) is 5.39 Å². The van der Waals surface area contributed by atoms with Crippen molar-refractivity contribution in [2.45, 2.75) is 32.1 Å². The third-order valence-electron chi connectivity index (χ3n) is 3.51. The Morgan fingerprint density at radius 1 is 1.41 bits per heavy atom. The number of hydrogen-bond donors (Lipinski definition) is 1. The molecule has 0 spiro atoms. The fraction of sp³-hybridized carbons (Fsp3) is 0.357. The Bertz CT molecular complexity index is 640. The van der Waals surface area contributed by atoms with Gasteiger partial charge in [0, 0.05) is 17.5 Å². The van der Waals surface area contributed by atoms with E-state index in [4.69, 9.17) is 4.42 Å². The number of phenols is 1. The molecule has 0 saturated heterocycles. The molecule has 1 atom stereocenters. The van der Waals surface area contributed by atoms with Gasteiger partial charge < -0.3 is 9.52 Å². The molecule has 1 N–H and O–H groups in total. The number of fused-ring (bicyclic) bond motifs is 2. The van der Waals surface area contributed by atoms with E-state index in [9.17, 15) is 9.90 Å². The van der Waals surface area contributed by atoms with E-state index in [-0.39, 0.29) is 17.1 Å². The molecule has 0 aliphatic heterocycles. The van der Waals surface area contributed by atoms with Crippen LogP contribution in [0.4, 0.5) is 0 Å². The highest BCUT2D eigenvalue weighted by Crippen LogP contribution is 2.32. The van der Waals surface area contributed by atoms with Crippen molar-refractivity contribution in [3.63, 3.8) is 0 Å². The van der Waals surface area contributed by atoms with Gasteiger partial charge in [0.1, 0.15) is 17.1 Å². The third-order valence-corrected chi connectivity index (χ3v) is 3.51. The second-order valence-corrected chi connectivity index (χ2v) is 4.75. The van der Waals surface area contributed by atoms with Crippen LogP contribution in [0, 0.1) is 0 Å². The molecule has 0 amide bonds. The minimum absolute atomic E-state index is 0.0628. The number of rotatable bonds is 0. The van der Waals surface area contributed by atoms with Gasteiger partial charge in [0.15, 0.2) is 5.43 Å². The largest absolute Gasteiger partial charge is 0.508 e. The van der Waals surface area contributed by atoms with E-state index in [1.165, 1.54) is 12.1 Å². The van der Waals surface area contributed by atoms with Crippen LogP contribution in [0.2, 0.25) is 0 Å². The van der Waals surface area contributed by atoms with E-state index in [2.05, 4.69) is 6.92 Å². The highest BCUT2D eigenvalue weighted by Gasteiger charge is 2.23. The monoisotopic (exact) mass is 230 g/mol. The van der Waals surface area contributed by atoms with Crippen molar-refractivity contribution in [2.24, 2.45) is 0 Å². The van der Waals surface area contributed by atoms with Crippen LogP contribution in [0.3, 0.4) is 0 Å². The molecular weight excluding hydrogens is 216 g/mol. The Balaban J connectivity index is 2.39. The molecule has 17 heavy (non-hydrogen) atoms. The van der Waals surface area contributed by atoms with Crippen LogP contribution >= 0.6 is 0 Å². The van der Waals surface area contributed by atoms with Gasteiger partial charge in [-0.2, -0.15) is 0 Å². The predicted molar refractivity (Wildman–Crippen MR) is 65.5 cm³/mol. The molecule has 3 rings (SSSR count). The van der Waals surface area contributed by atoms with Crippen molar-refractivity contribution in [3.8, 4) is 5.75 Å². The molecule has 1 aliphatic rings. The second-order valence-electron chi connectivity index (χ2n) is 4.75. The molecule has 1 aromatic carbocycles. The van der Waals surface area contributed by atoms with Gasteiger partial charge in [-0.1, -0.05) is 6.92 Å². The van der Waals surface area contributed by atoms with Gasteiger partial charge in [-0.05, 0) is 31.4 Å². The van der Waals surface area contributed by atoms with Crippen LogP contribution in [-0.4, -0.2) is 5.11 Å². The first kappa shape index (κ1) is 10.4. The Morgan fingerprint density at radius 2 is 2.24 bits per heavy atom. The van der Waals surface area contributed by atoms with Gasteiger partial charge in [0.2, 0.25) is 0 Å². The fourth-order valence-corrected chi connectivity index (χ4v) is 2.59. The molecule has 1 aromatic heterocycles. The molecule has 1 aliphatic carbocycles. The summed E-state index contributed by atoms with van der Waals surface area (Å²) in [6, 6.07) is 4.67. The van der Waals surface area contributed by atoms with Crippen molar-refractivity contribution in [2.75, 3.05) is 0 Å². The first-order valence-electron chi connectivity index (χ1n) is 5.95. The minimum atomic E-state index is 0.0628. The zero-order valence-electron chi connectivity index (χ0n) is 9.69. The molecule has 2 aromatic rings. The summed E-state index contributed by atoms with van der Waals surface area (Å²) in [4.78, 5) is 12.3. The zero-order chi connectivity index (χ0) is 12.0.